The Labute approximate surface area is 210 Å². The van der Waals surface area contributed by atoms with E-state index in [2.05, 4.69) is 10.3 Å². The summed E-state index contributed by atoms with van der Waals surface area (Å²) in [6, 6.07) is 11.0. The van der Waals surface area contributed by atoms with E-state index in [4.69, 9.17) is 9.47 Å². The zero-order valence-corrected chi connectivity index (χ0v) is 21.1. The van der Waals surface area contributed by atoms with Crippen molar-refractivity contribution < 1.29 is 23.9 Å². The van der Waals surface area contributed by atoms with E-state index >= 15 is 0 Å². The van der Waals surface area contributed by atoms with Crippen LogP contribution in [0.25, 0.3) is 0 Å². The van der Waals surface area contributed by atoms with Crippen LogP contribution in [0.3, 0.4) is 0 Å². The van der Waals surface area contributed by atoms with Crippen LogP contribution in [0.15, 0.2) is 54.7 Å². The first kappa shape index (κ1) is 24.2. The van der Waals surface area contributed by atoms with Gasteiger partial charge in [0.2, 0.25) is 12.0 Å². The van der Waals surface area contributed by atoms with Gasteiger partial charge in [-0.2, -0.15) is 0 Å². The summed E-state index contributed by atoms with van der Waals surface area (Å²) in [4.78, 5) is 46.4. The second-order valence-corrected chi connectivity index (χ2v) is 10.9. The third-order valence-electron chi connectivity index (χ3n) is 6.94. The number of hydrogen-bond donors (Lipinski definition) is 1. The molecule has 5 unspecified atom stereocenters. The quantitative estimate of drug-likeness (QED) is 0.512. The van der Waals surface area contributed by atoms with Crippen molar-refractivity contribution >= 4 is 23.5 Å². The molecule has 2 fully saturated rings. The molecule has 1 aromatic carbocycles. The van der Waals surface area contributed by atoms with Crippen LogP contribution in [0.1, 0.15) is 43.7 Å². The first-order valence-electron chi connectivity index (χ1n) is 12.2. The van der Waals surface area contributed by atoms with Crippen molar-refractivity contribution in [3.05, 3.63) is 71.6 Å². The molecule has 4 heterocycles. The number of anilines is 1. The van der Waals surface area contributed by atoms with Crippen LogP contribution in [0.5, 0.6) is 0 Å². The first-order valence-corrected chi connectivity index (χ1v) is 12.2. The second kappa shape index (κ2) is 8.55. The van der Waals surface area contributed by atoms with Crippen molar-refractivity contribution in [3.63, 3.8) is 0 Å². The molecule has 5 atom stereocenters. The summed E-state index contributed by atoms with van der Waals surface area (Å²) in [5.41, 5.74) is 1.78. The summed E-state index contributed by atoms with van der Waals surface area (Å²) in [5.74, 6) is -2.88. The SMILES string of the molecule is Cc1ccc(N2CC34C=CC(O3)C(C(=O)OC(C(=O)NC(C)(C)C)c3ccccn3)C4C2=O)c(C)c1. The number of rotatable bonds is 5. The van der Waals surface area contributed by atoms with Gasteiger partial charge in [-0.15, -0.1) is 0 Å². The number of carbonyl (C=O) groups excluding carboxylic acids is 3. The predicted molar refractivity (Wildman–Crippen MR) is 133 cm³/mol. The van der Waals surface area contributed by atoms with Gasteiger partial charge in [-0.1, -0.05) is 35.9 Å². The Morgan fingerprint density at radius 2 is 2.00 bits per heavy atom. The van der Waals surface area contributed by atoms with Gasteiger partial charge in [0.25, 0.3) is 5.91 Å². The van der Waals surface area contributed by atoms with Crippen LogP contribution in [0.2, 0.25) is 0 Å². The minimum absolute atomic E-state index is 0.177. The molecular weight excluding hydrogens is 458 g/mol. The maximum absolute atomic E-state index is 13.7. The van der Waals surface area contributed by atoms with Gasteiger partial charge in [0.1, 0.15) is 11.5 Å². The molecule has 2 amide bonds. The highest BCUT2D eigenvalue weighted by Crippen LogP contribution is 2.53. The topological polar surface area (TPSA) is 97.8 Å². The van der Waals surface area contributed by atoms with Crippen molar-refractivity contribution in [3.8, 4) is 0 Å². The molecule has 0 aliphatic carbocycles. The molecule has 3 aliphatic rings. The molecule has 8 heteroatoms. The van der Waals surface area contributed by atoms with Crippen LogP contribution in [0, 0.1) is 25.7 Å². The van der Waals surface area contributed by atoms with Crippen molar-refractivity contribution in [1.29, 1.82) is 0 Å². The molecule has 1 N–H and O–H groups in total. The minimum atomic E-state index is -1.25. The Morgan fingerprint density at radius 1 is 1.22 bits per heavy atom. The third-order valence-corrected chi connectivity index (χ3v) is 6.94. The van der Waals surface area contributed by atoms with E-state index < -0.39 is 47.1 Å². The molecule has 0 radical (unpaired) electrons. The Kier molecular flexibility index (Phi) is 5.75. The molecule has 2 bridgehead atoms. The molecule has 1 spiro atoms. The smallest absolute Gasteiger partial charge is 0.314 e. The molecule has 2 aromatic rings. The van der Waals surface area contributed by atoms with E-state index in [-0.39, 0.29) is 5.91 Å². The first-order chi connectivity index (χ1) is 17.0. The van der Waals surface area contributed by atoms with Crippen LogP contribution in [0.4, 0.5) is 5.69 Å². The number of amides is 2. The van der Waals surface area contributed by atoms with Crippen LogP contribution in [-0.2, 0) is 23.9 Å². The van der Waals surface area contributed by atoms with Gasteiger partial charge >= 0.3 is 5.97 Å². The standard InChI is InChI=1S/C28H31N3O5/c1-16-9-10-19(17(2)14-16)31-15-28-12-11-20(36-28)21(22(28)25(31)33)26(34)35-23(18-8-6-7-13-29-18)24(32)30-27(3,4)5/h6-14,20-23H,15H2,1-5H3,(H,30,32). The predicted octanol–water partition coefficient (Wildman–Crippen LogP) is 3.18. The number of esters is 1. The van der Waals surface area contributed by atoms with Gasteiger partial charge in [0, 0.05) is 17.4 Å². The highest BCUT2D eigenvalue weighted by atomic mass is 16.6. The fourth-order valence-corrected chi connectivity index (χ4v) is 5.49. The maximum Gasteiger partial charge on any atom is 0.314 e. The van der Waals surface area contributed by atoms with Crippen LogP contribution in [-0.4, -0.2) is 46.6 Å². The van der Waals surface area contributed by atoms with Gasteiger partial charge in [-0.05, 0) is 58.4 Å². The van der Waals surface area contributed by atoms with E-state index in [1.165, 1.54) is 0 Å². The zero-order valence-electron chi connectivity index (χ0n) is 21.1. The molecule has 36 heavy (non-hydrogen) atoms. The Bertz CT molecular complexity index is 1250. The maximum atomic E-state index is 13.7. The summed E-state index contributed by atoms with van der Waals surface area (Å²) in [6.07, 6.45) is 3.44. The number of pyridine rings is 1. The van der Waals surface area contributed by atoms with E-state index in [1.54, 1.807) is 29.3 Å². The van der Waals surface area contributed by atoms with Crippen molar-refractivity contribution in [1.82, 2.24) is 10.3 Å². The largest absolute Gasteiger partial charge is 0.445 e. The number of carbonyl (C=O) groups is 3. The summed E-state index contributed by atoms with van der Waals surface area (Å²) < 4.78 is 12.1. The number of aromatic nitrogens is 1. The Morgan fingerprint density at radius 3 is 2.67 bits per heavy atom. The van der Waals surface area contributed by atoms with E-state index in [0.29, 0.717) is 12.2 Å². The van der Waals surface area contributed by atoms with Crippen molar-refractivity contribution in [2.45, 2.75) is 58.0 Å². The number of benzene rings is 1. The molecule has 188 valence electrons. The monoisotopic (exact) mass is 489 g/mol. The second-order valence-electron chi connectivity index (χ2n) is 10.9. The molecular formula is C28H31N3O5. The van der Waals surface area contributed by atoms with Gasteiger partial charge in [-0.3, -0.25) is 19.4 Å². The lowest BCUT2D eigenvalue weighted by molar-refractivity contribution is -0.163. The van der Waals surface area contributed by atoms with E-state index in [9.17, 15) is 14.4 Å². The van der Waals surface area contributed by atoms with Gasteiger partial charge < -0.3 is 19.7 Å². The Hall–Kier alpha value is -3.52. The molecule has 1 aromatic heterocycles. The van der Waals surface area contributed by atoms with Gasteiger partial charge in [0.05, 0.1) is 24.3 Å². The lowest BCUT2D eigenvalue weighted by Gasteiger charge is -2.27. The summed E-state index contributed by atoms with van der Waals surface area (Å²) in [6.45, 7) is 9.83. The normalized spacial score (nSPS) is 27.2. The fraction of sp³-hybridized carbons (Fsp3) is 0.429. The molecule has 2 saturated heterocycles. The fourth-order valence-electron chi connectivity index (χ4n) is 5.49. The Balaban J connectivity index is 1.43. The highest BCUT2D eigenvalue weighted by Gasteiger charge is 2.67. The van der Waals surface area contributed by atoms with E-state index in [1.807, 2.05) is 65.0 Å². The number of aryl methyl sites for hydroxylation is 2. The third kappa shape index (κ3) is 4.09. The number of nitrogens with zero attached hydrogens (tertiary/aromatic N) is 2. The van der Waals surface area contributed by atoms with Gasteiger partial charge in [0.15, 0.2) is 0 Å². The lowest BCUT2D eigenvalue weighted by atomic mass is 9.77. The lowest BCUT2D eigenvalue weighted by Crippen LogP contribution is -2.46. The number of hydrogen-bond acceptors (Lipinski definition) is 6. The highest BCUT2D eigenvalue weighted by molar-refractivity contribution is 6.03. The van der Waals surface area contributed by atoms with Gasteiger partial charge in [-0.25, -0.2) is 0 Å². The molecule has 8 nitrogen and oxygen atoms in total. The number of ether oxygens (including phenoxy) is 2. The van der Waals surface area contributed by atoms with E-state index in [0.717, 1.165) is 16.8 Å². The summed E-state index contributed by atoms with van der Waals surface area (Å²) in [7, 11) is 0. The molecule has 5 rings (SSSR count). The van der Waals surface area contributed by atoms with Crippen molar-refractivity contribution in [2.75, 3.05) is 11.4 Å². The zero-order chi connectivity index (χ0) is 25.8. The van der Waals surface area contributed by atoms with Crippen LogP contribution < -0.4 is 10.2 Å². The molecule has 0 saturated carbocycles. The van der Waals surface area contributed by atoms with Crippen LogP contribution >= 0.6 is 0 Å². The minimum Gasteiger partial charge on any atom is -0.445 e. The average molecular weight is 490 g/mol. The average Bonchev–Trinajstić information content (AvgIpc) is 3.45. The number of fused-ring (bicyclic) bond motifs is 1. The number of nitrogens with one attached hydrogen (secondary N) is 1. The molecule has 3 aliphatic heterocycles. The summed E-state index contributed by atoms with van der Waals surface area (Å²) in [5, 5.41) is 2.86. The summed E-state index contributed by atoms with van der Waals surface area (Å²) >= 11 is 0. The van der Waals surface area contributed by atoms with Crippen molar-refractivity contribution in [2.24, 2.45) is 11.8 Å².